The Morgan fingerprint density at radius 3 is 2.92 bits per heavy atom. The van der Waals surface area contributed by atoms with E-state index in [1.54, 1.807) is 17.1 Å². The summed E-state index contributed by atoms with van der Waals surface area (Å²) in [4.78, 5) is 4.52. The van der Waals surface area contributed by atoms with Crippen LogP contribution in [0.3, 0.4) is 0 Å². The molecular formula is C18H21N5O2S. The summed E-state index contributed by atoms with van der Waals surface area (Å²) in [7, 11) is -3.56. The smallest absolute Gasteiger partial charge is 0.243 e. The van der Waals surface area contributed by atoms with Gasteiger partial charge in [-0.25, -0.2) is 18.1 Å². The van der Waals surface area contributed by atoms with Gasteiger partial charge in [0.05, 0.1) is 12.7 Å². The molecule has 0 spiro atoms. The lowest BCUT2D eigenvalue weighted by atomic mass is 9.98. The molecule has 0 bridgehead atoms. The molecule has 136 valence electrons. The lowest BCUT2D eigenvalue weighted by Crippen LogP contribution is -2.33. The van der Waals surface area contributed by atoms with Gasteiger partial charge in [-0.3, -0.25) is 4.68 Å². The minimum atomic E-state index is -3.56. The van der Waals surface area contributed by atoms with E-state index in [0.717, 1.165) is 30.8 Å². The number of aryl methyl sites for hydroxylation is 1. The van der Waals surface area contributed by atoms with Gasteiger partial charge in [0.15, 0.2) is 0 Å². The van der Waals surface area contributed by atoms with Crippen LogP contribution in [0.2, 0.25) is 0 Å². The van der Waals surface area contributed by atoms with Gasteiger partial charge in [0.2, 0.25) is 10.0 Å². The van der Waals surface area contributed by atoms with E-state index >= 15 is 0 Å². The normalized spacial score (nSPS) is 17.2. The summed E-state index contributed by atoms with van der Waals surface area (Å²) in [6.07, 6.45) is 8.48. The van der Waals surface area contributed by atoms with Crippen LogP contribution in [0, 0.1) is 5.92 Å². The van der Waals surface area contributed by atoms with Gasteiger partial charge in [0.1, 0.15) is 10.7 Å². The van der Waals surface area contributed by atoms with Gasteiger partial charge >= 0.3 is 0 Å². The Morgan fingerprint density at radius 2 is 2.08 bits per heavy atom. The molecule has 0 saturated carbocycles. The van der Waals surface area contributed by atoms with E-state index in [0.29, 0.717) is 13.1 Å². The third kappa shape index (κ3) is 3.71. The Balaban J connectivity index is 1.38. The van der Waals surface area contributed by atoms with E-state index in [2.05, 4.69) is 19.4 Å². The predicted molar refractivity (Wildman–Crippen MR) is 97.0 cm³/mol. The summed E-state index contributed by atoms with van der Waals surface area (Å²) in [5.74, 6) is 1.29. The molecule has 3 aromatic rings. The second-order valence-corrected chi connectivity index (χ2v) is 8.37. The molecule has 1 aromatic carbocycles. The molecule has 0 saturated heterocycles. The number of imidazole rings is 1. The van der Waals surface area contributed by atoms with Crippen molar-refractivity contribution in [2.45, 2.75) is 30.8 Å². The first-order chi connectivity index (χ1) is 12.6. The Kier molecular flexibility index (Phi) is 4.60. The third-order valence-corrected chi connectivity index (χ3v) is 6.10. The number of fused-ring (bicyclic) bond motifs is 1. The van der Waals surface area contributed by atoms with Crippen LogP contribution in [0.1, 0.15) is 17.8 Å². The molecule has 0 fully saturated rings. The highest BCUT2D eigenvalue weighted by Gasteiger charge is 2.23. The Morgan fingerprint density at radius 1 is 1.23 bits per heavy atom. The molecule has 8 heteroatoms. The summed E-state index contributed by atoms with van der Waals surface area (Å²) >= 11 is 0. The van der Waals surface area contributed by atoms with Crippen LogP contribution in [0.4, 0.5) is 0 Å². The molecule has 0 aliphatic carbocycles. The summed E-state index contributed by atoms with van der Waals surface area (Å²) in [5, 5.41) is 4.18. The number of sulfonamides is 1. The Labute approximate surface area is 152 Å². The molecule has 0 amide bonds. The molecule has 7 nitrogen and oxygen atoms in total. The number of nitrogens with zero attached hydrogens (tertiary/aromatic N) is 4. The first-order valence-electron chi connectivity index (χ1n) is 8.66. The van der Waals surface area contributed by atoms with E-state index in [1.165, 1.54) is 6.20 Å². The van der Waals surface area contributed by atoms with Crippen LogP contribution in [0.15, 0.2) is 60.0 Å². The average molecular weight is 371 g/mol. The Hall–Kier alpha value is -2.45. The molecule has 1 aliphatic rings. The van der Waals surface area contributed by atoms with E-state index in [4.69, 9.17) is 0 Å². The number of nitrogens with one attached hydrogen (secondary N) is 1. The maximum absolute atomic E-state index is 12.6. The third-order valence-electron chi connectivity index (χ3n) is 4.72. The topological polar surface area (TPSA) is 81.8 Å². The van der Waals surface area contributed by atoms with E-state index in [9.17, 15) is 8.42 Å². The fraction of sp³-hybridized carbons (Fsp3) is 0.333. The van der Waals surface area contributed by atoms with Crippen molar-refractivity contribution in [3.05, 3.63) is 66.5 Å². The van der Waals surface area contributed by atoms with E-state index < -0.39 is 10.0 Å². The van der Waals surface area contributed by atoms with Crippen LogP contribution < -0.4 is 4.72 Å². The molecule has 4 rings (SSSR count). The standard InChI is InChI=1S/C18H21N5O2S/c24-26(25,21-11-16-6-8-22-9-7-19-18(22)10-16)17-12-20-23(14-17)13-15-4-2-1-3-5-15/h1-5,7,9,12,14,16,21H,6,8,10-11,13H2/t16-/m0/s1. The van der Waals surface area contributed by atoms with Crippen molar-refractivity contribution < 1.29 is 8.42 Å². The zero-order valence-electron chi connectivity index (χ0n) is 14.3. The predicted octanol–water partition coefficient (Wildman–Crippen LogP) is 1.67. The molecule has 2 aromatic heterocycles. The maximum atomic E-state index is 12.6. The van der Waals surface area contributed by atoms with Gasteiger partial charge in [-0.15, -0.1) is 0 Å². The Bertz CT molecular complexity index is 978. The highest BCUT2D eigenvalue weighted by atomic mass is 32.2. The number of rotatable bonds is 6. The fourth-order valence-electron chi connectivity index (χ4n) is 3.24. The lowest BCUT2D eigenvalue weighted by molar-refractivity contribution is 0.379. The van der Waals surface area contributed by atoms with Gasteiger partial charge in [-0.2, -0.15) is 5.10 Å². The molecule has 1 aliphatic heterocycles. The van der Waals surface area contributed by atoms with Crippen LogP contribution in [0.5, 0.6) is 0 Å². The second kappa shape index (κ2) is 7.05. The molecular weight excluding hydrogens is 350 g/mol. The molecule has 3 heterocycles. The monoisotopic (exact) mass is 371 g/mol. The van der Waals surface area contributed by atoms with Crippen LogP contribution in [-0.2, 0) is 29.5 Å². The lowest BCUT2D eigenvalue weighted by Gasteiger charge is -2.23. The minimum Gasteiger partial charge on any atom is -0.335 e. The van der Waals surface area contributed by atoms with Gasteiger partial charge in [-0.05, 0) is 17.9 Å². The average Bonchev–Trinajstić information content (AvgIpc) is 3.30. The molecule has 1 atom stereocenters. The SMILES string of the molecule is O=S(=O)(NC[C@H]1CCn2ccnc2C1)c1cnn(Cc2ccccc2)c1. The second-order valence-electron chi connectivity index (χ2n) is 6.61. The van der Waals surface area contributed by atoms with Crippen molar-refractivity contribution >= 4 is 10.0 Å². The minimum absolute atomic E-state index is 0.200. The first kappa shape index (κ1) is 17.0. The van der Waals surface area contributed by atoms with Gasteiger partial charge in [0.25, 0.3) is 0 Å². The summed E-state index contributed by atoms with van der Waals surface area (Å²) in [6, 6.07) is 9.83. The summed E-state index contributed by atoms with van der Waals surface area (Å²) in [5.41, 5.74) is 1.07. The van der Waals surface area contributed by atoms with Gasteiger partial charge in [-0.1, -0.05) is 30.3 Å². The zero-order chi connectivity index (χ0) is 18.0. The highest BCUT2D eigenvalue weighted by Crippen LogP contribution is 2.19. The van der Waals surface area contributed by atoms with Crippen molar-refractivity contribution in [3.8, 4) is 0 Å². The molecule has 0 radical (unpaired) electrons. The number of hydrogen-bond acceptors (Lipinski definition) is 4. The van der Waals surface area contributed by atoms with Gasteiger partial charge in [0, 0.05) is 38.1 Å². The van der Waals surface area contributed by atoms with E-state index in [1.807, 2.05) is 36.5 Å². The van der Waals surface area contributed by atoms with Crippen molar-refractivity contribution in [3.63, 3.8) is 0 Å². The maximum Gasteiger partial charge on any atom is 0.243 e. The summed E-state index contributed by atoms with van der Waals surface area (Å²) < 4.78 is 31.6. The molecule has 26 heavy (non-hydrogen) atoms. The first-order valence-corrected chi connectivity index (χ1v) is 10.1. The fourth-order valence-corrected chi connectivity index (χ4v) is 4.31. The van der Waals surface area contributed by atoms with Crippen LogP contribution in [0.25, 0.3) is 0 Å². The van der Waals surface area contributed by atoms with Crippen LogP contribution >= 0.6 is 0 Å². The zero-order valence-corrected chi connectivity index (χ0v) is 15.1. The van der Waals surface area contributed by atoms with Crippen molar-refractivity contribution in [1.29, 1.82) is 0 Å². The molecule has 1 N–H and O–H groups in total. The highest BCUT2D eigenvalue weighted by molar-refractivity contribution is 7.89. The quantitative estimate of drug-likeness (QED) is 0.715. The van der Waals surface area contributed by atoms with Crippen molar-refractivity contribution in [2.24, 2.45) is 5.92 Å². The number of hydrogen-bond donors (Lipinski definition) is 1. The van der Waals surface area contributed by atoms with Crippen molar-refractivity contribution in [2.75, 3.05) is 6.54 Å². The van der Waals surface area contributed by atoms with Crippen molar-refractivity contribution in [1.82, 2.24) is 24.1 Å². The largest absolute Gasteiger partial charge is 0.335 e. The number of aromatic nitrogens is 4. The molecule has 0 unspecified atom stereocenters. The number of benzene rings is 1. The van der Waals surface area contributed by atoms with E-state index in [-0.39, 0.29) is 10.8 Å². The van der Waals surface area contributed by atoms with Crippen LogP contribution in [-0.4, -0.2) is 34.3 Å². The summed E-state index contributed by atoms with van der Waals surface area (Å²) in [6.45, 7) is 1.84. The van der Waals surface area contributed by atoms with Gasteiger partial charge < -0.3 is 4.57 Å².